The minimum atomic E-state index is 0.648. The molecular formula is C13H14BrClN2OS. The van der Waals surface area contributed by atoms with Crippen molar-refractivity contribution in [3.05, 3.63) is 33.9 Å². The first kappa shape index (κ1) is 15.1. The number of aromatic nitrogens is 1. The summed E-state index contributed by atoms with van der Waals surface area (Å²) in [6, 6.07) is 5.78. The lowest BCUT2D eigenvalue weighted by Crippen LogP contribution is -2.30. The van der Waals surface area contributed by atoms with Crippen molar-refractivity contribution in [1.29, 1.82) is 0 Å². The summed E-state index contributed by atoms with van der Waals surface area (Å²) in [5.74, 6) is 0. The van der Waals surface area contributed by atoms with E-state index in [1.54, 1.807) is 6.20 Å². The van der Waals surface area contributed by atoms with E-state index < -0.39 is 0 Å². The van der Waals surface area contributed by atoms with Gasteiger partial charge in [-0.1, -0.05) is 27.5 Å². The molecule has 0 spiro atoms. The van der Waals surface area contributed by atoms with Crippen molar-refractivity contribution in [2.75, 3.05) is 26.3 Å². The van der Waals surface area contributed by atoms with Crippen LogP contribution in [0.2, 0.25) is 5.02 Å². The van der Waals surface area contributed by atoms with Crippen LogP contribution in [0.1, 0.15) is 0 Å². The predicted octanol–water partition coefficient (Wildman–Crippen LogP) is 3.55. The van der Waals surface area contributed by atoms with Gasteiger partial charge in [-0.25, -0.2) is 0 Å². The normalized spacial score (nSPS) is 14.9. The summed E-state index contributed by atoms with van der Waals surface area (Å²) in [6.07, 6.45) is 1.65. The quantitative estimate of drug-likeness (QED) is 0.704. The highest BCUT2D eigenvalue weighted by molar-refractivity contribution is 9.10. The van der Waals surface area contributed by atoms with Crippen LogP contribution in [0.4, 0.5) is 0 Å². The number of halogens is 2. The van der Waals surface area contributed by atoms with E-state index in [2.05, 4.69) is 38.9 Å². The molecule has 1 saturated heterocycles. The number of nitrogens with one attached hydrogen (secondary N) is 1. The molecular weight excluding hydrogens is 348 g/mol. The van der Waals surface area contributed by atoms with Gasteiger partial charge >= 0.3 is 0 Å². The molecule has 2 aromatic rings. The summed E-state index contributed by atoms with van der Waals surface area (Å²) >= 11 is 13.6. The molecule has 1 aromatic heterocycles. The van der Waals surface area contributed by atoms with Crippen molar-refractivity contribution in [3.8, 4) is 0 Å². The molecule has 0 radical (unpaired) electrons. The number of ether oxygens (including phenoxy) is 1. The van der Waals surface area contributed by atoms with E-state index in [0.717, 1.165) is 41.7 Å². The van der Waals surface area contributed by atoms with Crippen molar-refractivity contribution >= 4 is 51.1 Å². The van der Waals surface area contributed by atoms with Gasteiger partial charge in [-0.05, 0) is 18.2 Å². The Morgan fingerprint density at radius 3 is 2.63 bits per heavy atom. The molecule has 0 aliphatic carbocycles. The van der Waals surface area contributed by atoms with Crippen LogP contribution in [0.5, 0.6) is 0 Å². The third-order valence-electron chi connectivity index (χ3n) is 2.59. The maximum absolute atomic E-state index is 6.06. The van der Waals surface area contributed by atoms with E-state index in [4.69, 9.17) is 16.3 Å². The lowest BCUT2D eigenvalue weighted by Gasteiger charge is -2.10. The summed E-state index contributed by atoms with van der Waals surface area (Å²) in [4.78, 5) is 4.90. The van der Waals surface area contributed by atoms with Gasteiger partial charge in [0, 0.05) is 34.0 Å². The predicted molar refractivity (Wildman–Crippen MR) is 85.4 cm³/mol. The Hall–Kier alpha value is -0.330. The molecule has 1 N–H and O–H groups in total. The number of pyridine rings is 1. The van der Waals surface area contributed by atoms with Gasteiger partial charge in [0.25, 0.3) is 0 Å². The maximum atomic E-state index is 6.06. The molecule has 1 aliphatic heterocycles. The fraction of sp³-hybridized carbons (Fsp3) is 0.308. The van der Waals surface area contributed by atoms with Crippen LogP contribution < -0.4 is 5.32 Å². The molecule has 3 rings (SSSR count). The summed E-state index contributed by atoms with van der Waals surface area (Å²) < 4.78 is 6.00. The fourth-order valence-electron chi connectivity index (χ4n) is 1.64. The van der Waals surface area contributed by atoms with Gasteiger partial charge in [-0.15, -0.1) is 12.6 Å². The first-order valence-corrected chi connectivity index (χ1v) is 7.51. The van der Waals surface area contributed by atoms with Crippen LogP contribution in [0.3, 0.4) is 0 Å². The number of nitrogens with zero attached hydrogens (tertiary/aromatic N) is 1. The Kier molecular flexibility index (Phi) is 5.91. The number of fused-ring (bicyclic) bond motifs is 1. The lowest BCUT2D eigenvalue weighted by molar-refractivity contribution is 0.109. The third-order valence-corrected chi connectivity index (χ3v) is 3.96. The fourth-order valence-corrected chi connectivity index (χ4v) is 2.38. The topological polar surface area (TPSA) is 34.1 Å². The van der Waals surface area contributed by atoms with Crippen molar-refractivity contribution in [2.24, 2.45) is 0 Å². The Bertz CT molecular complexity index is 547. The van der Waals surface area contributed by atoms with Gasteiger partial charge in [0.2, 0.25) is 0 Å². The lowest BCUT2D eigenvalue weighted by atomic mass is 10.2. The Balaban J connectivity index is 0.000000186. The Morgan fingerprint density at radius 1 is 1.32 bits per heavy atom. The molecule has 3 nitrogen and oxygen atoms in total. The highest BCUT2D eigenvalue weighted by atomic mass is 79.9. The van der Waals surface area contributed by atoms with E-state index in [1.165, 1.54) is 0 Å². The summed E-state index contributed by atoms with van der Waals surface area (Å²) in [7, 11) is 0. The van der Waals surface area contributed by atoms with Crippen LogP contribution in [-0.4, -0.2) is 31.3 Å². The molecule has 0 amide bonds. The third kappa shape index (κ3) is 4.33. The zero-order valence-corrected chi connectivity index (χ0v) is 13.4. The Labute approximate surface area is 131 Å². The average molecular weight is 362 g/mol. The number of benzene rings is 1. The number of thiol groups is 1. The van der Waals surface area contributed by atoms with E-state index in [1.807, 2.05) is 18.2 Å². The average Bonchev–Trinajstić information content (AvgIpc) is 2.46. The van der Waals surface area contributed by atoms with Crippen molar-refractivity contribution in [1.82, 2.24) is 10.3 Å². The molecule has 19 heavy (non-hydrogen) atoms. The van der Waals surface area contributed by atoms with Gasteiger partial charge in [0.1, 0.15) is 0 Å². The second-order valence-electron chi connectivity index (χ2n) is 3.98. The standard InChI is InChI=1S/C9H5BrClNS.C4H9NO/c10-5-1-2-7-6(3-5)9(11)8(13)4-12-7;1-3-6-4-2-5-1/h1-4,13H;5H,1-4H2. The molecule has 0 unspecified atom stereocenters. The molecule has 1 aromatic carbocycles. The largest absolute Gasteiger partial charge is 0.379 e. The number of rotatable bonds is 0. The molecule has 0 bridgehead atoms. The first-order valence-electron chi connectivity index (χ1n) is 5.89. The van der Waals surface area contributed by atoms with Crippen LogP contribution in [0.15, 0.2) is 33.8 Å². The van der Waals surface area contributed by atoms with Crippen molar-refractivity contribution < 1.29 is 4.74 Å². The summed E-state index contributed by atoms with van der Waals surface area (Å²) in [6.45, 7) is 3.83. The molecule has 6 heteroatoms. The number of hydrogen-bond acceptors (Lipinski definition) is 4. The smallest absolute Gasteiger partial charge is 0.0718 e. The van der Waals surface area contributed by atoms with E-state index in [0.29, 0.717) is 9.92 Å². The monoisotopic (exact) mass is 360 g/mol. The maximum Gasteiger partial charge on any atom is 0.0718 e. The molecule has 2 heterocycles. The summed E-state index contributed by atoms with van der Waals surface area (Å²) in [5, 5.41) is 4.73. The highest BCUT2D eigenvalue weighted by Crippen LogP contribution is 2.29. The minimum Gasteiger partial charge on any atom is -0.379 e. The van der Waals surface area contributed by atoms with Gasteiger partial charge in [-0.3, -0.25) is 4.98 Å². The van der Waals surface area contributed by atoms with Gasteiger partial charge in [-0.2, -0.15) is 0 Å². The van der Waals surface area contributed by atoms with Gasteiger partial charge in [0.15, 0.2) is 0 Å². The second-order valence-corrected chi connectivity index (χ2v) is 5.76. The van der Waals surface area contributed by atoms with Crippen LogP contribution in [-0.2, 0) is 4.74 Å². The molecule has 0 atom stereocenters. The second kappa shape index (κ2) is 7.45. The molecule has 1 fully saturated rings. The van der Waals surface area contributed by atoms with E-state index in [-0.39, 0.29) is 0 Å². The highest BCUT2D eigenvalue weighted by Gasteiger charge is 2.03. The van der Waals surface area contributed by atoms with Gasteiger partial charge < -0.3 is 10.1 Å². The molecule has 1 aliphatic rings. The zero-order valence-electron chi connectivity index (χ0n) is 10.2. The van der Waals surface area contributed by atoms with Crippen LogP contribution >= 0.6 is 40.2 Å². The van der Waals surface area contributed by atoms with Crippen LogP contribution in [0.25, 0.3) is 10.9 Å². The minimum absolute atomic E-state index is 0.648. The first-order chi connectivity index (χ1) is 9.18. The SMILES string of the molecule is C1COCCN1.Sc1cnc2ccc(Br)cc2c1Cl. The molecule has 102 valence electrons. The zero-order chi connectivity index (χ0) is 13.7. The van der Waals surface area contributed by atoms with Crippen LogP contribution in [0, 0.1) is 0 Å². The van der Waals surface area contributed by atoms with E-state index in [9.17, 15) is 0 Å². The number of hydrogen-bond donors (Lipinski definition) is 2. The van der Waals surface area contributed by atoms with Crippen molar-refractivity contribution in [2.45, 2.75) is 4.90 Å². The summed E-state index contributed by atoms with van der Waals surface area (Å²) in [5.41, 5.74) is 0.881. The number of morpholine rings is 1. The van der Waals surface area contributed by atoms with Gasteiger partial charge in [0.05, 0.1) is 23.8 Å². The molecule has 0 saturated carbocycles. The Morgan fingerprint density at radius 2 is 2.05 bits per heavy atom. The van der Waals surface area contributed by atoms with E-state index >= 15 is 0 Å². The van der Waals surface area contributed by atoms with Crippen molar-refractivity contribution in [3.63, 3.8) is 0 Å².